The van der Waals surface area contributed by atoms with Gasteiger partial charge in [0.05, 0.1) is 28.9 Å². The lowest BCUT2D eigenvalue weighted by molar-refractivity contribution is -0.182. The van der Waals surface area contributed by atoms with Gasteiger partial charge in [-0.15, -0.1) is 11.3 Å². The topological polar surface area (TPSA) is 79.7 Å². The van der Waals surface area contributed by atoms with E-state index in [1.165, 1.54) is 18.3 Å². The maximum atomic E-state index is 14.4. The number of thioether (sulfide) groups is 1. The fourth-order valence-electron chi connectivity index (χ4n) is 4.34. The smallest absolute Gasteiger partial charge is 0.347 e. The van der Waals surface area contributed by atoms with Gasteiger partial charge in [-0.3, -0.25) is 4.79 Å². The molecule has 6 nitrogen and oxygen atoms in total. The summed E-state index contributed by atoms with van der Waals surface area (Å²) in [7, 11) is 0. The first kappa shape index (κ1) is 26.4. The number of aromatic carboxylic acids is 1. The van der Waals surface area contributed by atoms with Gasteiger partial charge in [0.2, 0.25) is 0 Å². The molecule has 3 atom stereocenters. The van der Waals surface area contributed by atoms with Crippen molar-refractivity contribution < 1.29 is 23.8 Å². The molecule has 2 aliphatic rings. The SMILES string of the molecule is CC(C)(C)SCC(C1CC1)N1C(=O)[C@@](C)(Cc2ncc(C(=O)O)s2)OC[C@H]1c1ccc(Cl)c(F)c1. The number of benzene rings is 1. The number of amides is 1. The molecule has 0 radical (unpaired) electrons. The molecule has 35 heavy (non-hydrogen) atoms. The first-order valence-electron chi connectivity index (χ1n) is 11.6. The molecule has 190 valence electrons. The van der Waals surface area contributed by atoms with Gasteiger partial charge in [-0.2, -0.15) is 11.8 Å². The third kappa shape index (κ3) is 6.01. The summed E-state index contributed by atoms with van der Waals surface area (Å²) in [6, 6.07) is 4.19. The lowest BCUT2D eigenvalue weighted by Crippen LogP contribution is -2.61. The number of carbonyl (C=O) groups excluding carboxylic acids is 1. The Labute approximate surface area is 218 Å². The van der Waals surface area contributed by atoms with Crippen LogP contribution >= 0.6 is 34.7 Å². The fraction of sp³-hybridized carbons (Fsp3) is 0.560. The van der Waals surface area contributed by atoms with E-state index >= 15 is 0 Å². The van der Waals surface area contributed by atoms with Crippen molar-refractivity contribution in [3.05, 3.63) is 50.7 Å². The van der Waals surface area contributed by atoms with E-state index in [0.717, 1.165) is 29.9 Å². The number of aromatic nitrogens is 1. The third-order valence-electron chi connectivity index (χ3n) is 6.37. The van der Waals surface area contributed by atoms with Crippen molar-refractivity contribution in [1.82, 2.24) is 9.88 Å². The van der Waals surface area contributed by atoms with Crippen LogP contribution in [-0.4, -0.2) is 55.6 Å². The van der Waals surface area contributed by atoms with Gasteiger partial charge in [0.25, 0.3) is 5.91 Å². The predicted octanol–water partition coefficient (Wildman–Crippen LogP) is 5.85. The summed E-state index contributed by atoms with van der Waals surface area (Å²) >= 11 is 8.79. The Kier molecular flexibility index (Phi) is 7.53. The summed E-state index contributed by atoms with van der Waals surface area (Å²) in [6.07, 6.45) is 3.58. The molecule has 1 aromatic carbocycles. The van der Waals surface area contributed by atoms with Crippen LogP contribution in [0.15, 0.2) is 24.4 Å². The molecule has 1 saturated heterocycles. The summed E-state index contributed by atoms with van der Waals surface area (Å²) in [6.45, 7) is 8.40. The molecular weight excluding hydrogens is 511 g/mol. The fourth-order valence-corrected chi connectivity index (χ4v) is 6.46. The first-order chi connectivity index (χ1) is 16.4. The number of carboxylic acid groups (broad SMARTS) is 1. The van der Waals surface area contributed by atoms with E-state index in [4.69, 9.17) is 16.3 Å². The van der Waals surface area contributed by atoms with Crippen molar-refractivity contribution in [3.8, 4) is 0 Å². The normalized spacial score (nSPS) is 24.0. The lowest BCUT2D eigenvalue weighted by atomic mass is 9.92. The average Bonchev–Trinajstić information content (AvgIpc) is 3.50. The predicted molar refractivity (Wildman–Crippen MR) is 137 cm³/mol. The van der Waals surface area contributed by atoms with Crippen molar-refractivity contribution in [2.75, 3.05) is 12.4 Å². The Balaban J connectivity index is 1.68. The van der Waals surface area contributed by atoms with E-state index in [2.05, 4.69) is 25.8 Å². The number of hydrogen-bond donors (Lipinski definition) is 1. The summed E-state index contributed by atoms with van der Waals surface area (Å²) in [4.78, 5) is 31.7. The van der Waals surface area contributed by atoms with E-state index in [-0.39, 0.29) is 39.6 Å². The highest BCUT2D eigenvalue weighted by Crippen LogP contribution is 2.45. The molecule has 1 unspecified atom stereocenters. The van der Waals surface area contributed by atoms with Gasteiger partial charge in [0, 0.05) is 23.0 Å². The minimum atomic E-state index is -1.20. The Morgan fingerprint density at radius 2 is 2.14 bits per heavy atom. The molecule has 1 aliphatic carbocycles. The molecule has 2 fully saturated rings. The monoisotopic (exact) mass is 540 g/mol. The Bertz CT molecular complexity index is 1120. The number of carbonyl (C=O) groups is 2. The zero-order valence-electron chi connectivity index (χ0n) is 20.2. The second-order valence-corrected chi connectivity index (χ2v) is 13.7. The van der Waals surface area contributed by atoms with Crippen LogP contribution in [-0.2, 0) is 16.0 Å². The minimum absolute atomic E-state index is 0.0236. The number of halogens is 2. The number of morpholine rings is 1. The number of ether oxygens (including phenoxy) is 1. The molecule has 2 heterocycles. The highest BCUT2D eigenvalue weighted by Gasteiger charge is 2.51. The highest BCUT2D eigenvalue weighted by atomic mass is 35.5. The van der Waals surface area contributed by atoms with Crippen molar-refractivity contribution >= 4 is 46.6 Å². The zero-order chi connectivity index (χ0) is 25.5. The average molecular weight is 541 g/mol. The van der Waals surface area contributed by atoms with Crippen LogP contribution in [0.4, 0.5) is 4.39 Å². The summed E-state index contributed by atoms with van der Waals surface area (Å²) in [5.74, 6) is -0.602. The van der Waals surface area contributed by atoms with Crippen LogP contribution < -0.4 is 0 Å². The molecule has 2 aromatic rings. The van der Waals surface area contributed by atoms with Gasteiger partial charge in [0.15, 0.2) is 5.60 Å². The molecule has 1 saturated carbocycles. The van der Waals surface area contributed by atoms with Crippen molar-refractivity contribution in [1.29, 1.82) is 0 Å². The van der Waals surface area contributed by atoms with Gasteiger partial charge in [-0.05, 0) is 43.4 Å². The number of nitrogens with zero attached hydrogens (tertiary/aromatic N) is 2. The number of rotatable bonds is 8. The Hall–Kier alpha value is -1.68. The van der Waals surface area contributed by atoms with E-state index in [1.54, 1.807) is 13.0 Å². The van der Waals surface area contributed by atoms with Crippen LogP contribution in [0.25, 0.3) is 0 Å². The Morgan fingerprint density at radius 3 is 2.71 bits per heavy atom. The largest absolute Gasteiger partial charge is 0.477 e. The van der Waals surface area contributed by atoms with Crippen LogP contribution in [0, 0.1) is 11.7 Å². The molecule has 1 N–H and O–H groups in total. The Morgan fingerprint density at radius 1 is 1.43 bits per heavy atom. The zero-order valence-corrected chi connectivity index (χ0v) is 22.6. The number of carboxylic acids is 1. The van der Waals surface area contributed by atoms with Crippen LogP contribution in [0.3, 0.4) is 0 Å². The lowest BCUT2D eigenvalue weighted by Gasteiger charge is -2.48. The van der Waals surface area contributed by atoms with Gasteiger partial charge in [-0.1, -0.05) is 38.4 Å². The van der Waals surface area contributed by atoms with Gasteiger partial charge < -0.3 is 14.7 Å². The summed E-state index contributed by atoms with van der Waals surface area (Å²) in [5.41, 5.74) is -0.551. The van der Waals surface area contributed by atoms with Crippen molar-refractivity contribution in [2.24, 2.45) is 5.92 Å². The van der Waals surface area contributed by atoms with Crippen molar-refractivity contribution in [3.63, 3.8) is 0 Å². The molecule has 4 rings (SSSR count). The molecule has 1 amide bonds. The molecule has 1 aromatic heterocycles. The van der Waals surface area contributed by atoms with Crippen LogP contribution in [0.5, 0.6) is 0 Å². The summed E-state index contributed by atoms with van der Waals surface area (Å²) < 4.78 is 20.6. The number of thiazole rings is 1. The highest BCUT2D eigenvalue weighted by molar-refractivity contribution is 8.00. The van der Waals surface area contributed by atoms with Gasteiger partial charge >= 0.3 is 5.97 Å². The minimum Gasteiger partial charge on any atom is -0.477 e. The second-order valence-electron chi connectivity index (χ2n) is 10.4. The quantitative estimate of drug-likeness (QED) is 0.453. The van der Waals surface area contributed by atoms with Gasteiger partial charge in [-0.25, -0.2) is 14.2 Å². The van der Waals surface area contributed by atoms with Gasteiger partial charge in [0.1, 0.15) is 10.7 Å². The maximum absolute atomic E-state index is 14.4. The van der Waals surface area contributed by atoms with Crippen molar-refractivity contribution in [2.45, 2.75) is 69.4 Å². The maximum Gasteiger partial charge on any atom is 0.347 e. The second kappa shape index (κ2) is 10.00. The standard InChI is InChI=1S/C25H30ClFN2O4S2/c1-24(2,3)34-13-19(14-5-6-14)29-18(15-7-8-16(26)17(27)9-15)12-33-25(4,23(29)32)10-21-28-11-20(35-21)22(30)31/h7-9,11,14,18-19H,5-6,10,12-13H2,1-4H3,(H,30,31)/t18-,19?,25+/m0/s1. The first-order valence-corrected chi connectivity index (χ1v) is 13.8. The van der Waals surface area contributed by atoms with E-state index in [9.17, 15) is 19.1 Å². The van der Waals surface area contributed by atoms with Crippen LogP contribution in [0.2, 0.25) is 5.02 Å². The van der Waals surface area contributed by atoms with E-state index in [1.807, 2.05) is 16.7 Å². The number of hydrogen-bond acceptors (Lipinski definition) is 6. The van der Waals surface area contributed by atoms with E-state index in [0.29, 0.717) is 16.5 Å². The van der Waals surface area contributed by atoms with E-state index < -0.39 is 23.4 Å². The molecule has 0 spiro atoms. The van der Waals surface area contributed by atoms with Crippen LogP contribution in [0.1, 0.15) is 66.8 Å². The molecule has 1 aliphatic heterocycles. The molecular formula is C25H30ClFN2O4S2. The molecule has 10 heteroatoms. The summed E-state index contributed by atoms with van der Waals surface area (Å²) in [5, 5.41) is 9.82. The third-order valence-corrected chi connectivity index (χ3v) is 9.04. The molecule has 0 bridgehead atoms.